The van der Waals surface area contributed by atoms with Crippen LogP contribution in [0.5, 0.6) is 0 Å². The van der Waals surface area contributed by atoms with Gasteiger partial charge in [0, 0.05) is 12.5 Å². The maximum Gasteiger partial charge on any atom is 0.228 e. The van der Waals surface area contributed by atoms with Crippen molar-refractivity contribution in [3.8, 4) is 11.1 Å². The van der Waals surface area contributed by atoms with Crippen molar-refractivity contribution >= 4 is 11.6 Å². The molecule has 90 valence electrons. The van der Waals surface area contributed by atoms with E-state index in [2.05, 4.69) is 0 Å². The number of aryl methyl sites for hydroxylation is 1. The lowest BCUT2D eigenvalue weighted by molar-refractivity contribution is -0.113. The Morgan fingerprint density at radius 2 is 1.67 bits per heavy atom. The highest BCUT2D eigenvalue weighted by Crippen LogP contribution is 2.24. The predicted octanol–water partition coefficient (Wildman–Crippen LogP) is 3.43. The van der Waals surface area contributed by atoms with Gasteiger partial charge in [-0.3, -0.25) is 9.59 Å². The molecule has 0 aromatic heterocycles. The van der Waals surface area contributed by atoms with Crippen LogP contribution in [0.4, 0.5) is 0 Å². The molecule has 0 aliphatic carbocycles. The van der Waals surface area contributed by atoms with Gasteiger partial charge in [0.05, 0.1) is 0 Å². The van der Waals surface area contributed by atoms with Crippen molar-refractivity contribution in [3.63, 3.8) is 0 Å². The normalized spacial score (nSPS) is 10.1. The first kappa shape index (κ1) is 12.2. The smallest absolute Gasteiger partial charge is 0.228 e. The Hall–Kier alpha value is -2.22. The highest BCUT2D eigenvalue weighted by molar-refractivity contribution is 6.43. The molecule has 0 spiro atoms. The molecule has 2 heteroatoms. The van der Waals surface area contributed by atoms with E-state index in [0.29, 0.717) is 5.56 Å². The first-order valence-corrected chi connectivity index (χ1v) is 5.81. The molecule has 2 nitrogen and oxygen atoms in total. The molecule has 0 amide bonds. The van der Waals surface area contributed by atoms with Crippen LogP contribution in [0.2, 0.25) is 0 Å². The van der Waals surface area contributed by atoms with Crippen molar-refractivity contribution in [1.29, 1.82) is 0 Å². The summed E-state index contributed by atoms with van der Waals surface area (Å²) in [6.45, 7) is 3.32. The second-order valence-corrected chi connectivity index (χ2v) is 4.28. The summed E-state index contributed by atoms with van der Waals surface area (Å²) in [5.74, 6) is -0.873. The highest BCUT2D eigenvalue weighted by atomic mass is 16.2. The van der Waals surface area contributed by atoms with E-state index in [1.165, 1.54) is 6.92 Å². The van der Waals surface area contributed by atoms with Crippen molar-refractivity contribution in [2.75, 3.05) is 0 Å². The summed E-state index contributed by atoms with van der Waals surface area (Å²) in [6.07, 6.45) is 0. The summed E-state index contributed by atoms with van der Waals surface area (Å²) in [6, 6.07) is 15.2. The molecule has 18 heavy (non-hydrogen) atoms. The molecule has 0 fully saturated rings. The topological polar surface area (TPSA) is 34.1 Å². The van der Waals surface area contributed by atoms with Crippen molar-refractivity contribution < 1.29 is 9.59 Å². The van der Waals surface area contributed by atoms with E-state index in [0.717, 1.165) is 16.7 Å². The van der Waals surface area contributed by atoms with Gasteiger partial charge in [-0.25, -0.2) is 0 Å². The lowest BCUT2D eigenvalue weighted by Gasteiger charge is -2.07. The monoisotopic (exact) mass is 238 g/mol. The Morgan fingerprint density at radius 3 is 2.33 bits per heavy atom. The van der Waals surface area contributed by atoms with E-state index in [4.69, 9.17) is 0 Å². The molecule has 2 aromatic rings. The molecular formula is C16H14O2. The van der Waals surface area contributed by atoms with Gasteiger partial charge in [0.1, 0.15) is 0 Å². The third kappa shape index (κ3) is 2.38. The van der Waals surface area contributed by atoms with E-state index >= 15 is 0 Å². The molecule has 2 aromatic carbocycles. The standard InChI is InChI=1S/C16H14O2/c1-11-6-3-4-9-15(11)13-7-5-8-14(10-13)16(18)12(2)17/h3-10H,1-2H3. The molecule has 0 N–H and O–H groups in total. The van der Waals surface area contributed by atoms with Gasteiger partial charge in [-0.05, 0) is 29.7 Å². The van der Waals surface area contributed by atoms with Crippen LogP contribution in [0, 0.1) is 6.92 Å². The van der Waals surface area contributed by atoms with Gasteiger partial charge in [0.25, 0.3) is 0 Å². The van der Waals surface area contributed by atoms with Gasteiger partial charge in [-0.2, -0.15) is 0 Å². The minimum absolute atomic E-state index is 0.433. The van der Waals surface area contributed by atoms with Crippen molar-refractivity contribution in [1.82, 2.24) is 0 Å². The summed E-state index contributed by atoms with van der Waals surface area (Å²) in [7, 11) is 0. The van der Waals surface area contributed by atoms with Gasteiger partial charge in [-0.15, -0.1) is 0 Å². The van der Waals surface area contributed by atoms with Crippen molar-refractivity contribution in [2.24, 2.45) is 0 Å². The molecule has 0 aliphatic heterocycles. The van der Waals surface area contributed by atoms with Crippen LogP contribution in [0.1, 0.15) is 22.8 Å². The third-order valence-electron chi connectivity index (χ3n) is 2.90. The maximum absolute atomic E-state index is 11.7. The largest absolute Gasteiger partial charge is 0.291 e. The van der Waals surface area contributed by atoms with Crippen LogP contribution in [-0.2, 0) is 4.79 Å². The number of carbonyl (C=O) groups is 2. The minimum atomic E-state index is -0.439. The zero-order valence-corrected chi connectivity index (χ0v) is 10.4. The third-order valence-corrected chi connectivity index (χ3v) is 2.90. The Morgan fingerprint density at radius 1 is 0.944 bits per heavy atom. The van der Waals surface area contributed by atoms with Crippen LogP contribution in [0.3, 0.4) is 0 Å². The average Bonchev–Trinajstić information content (AvgIpc) is 2.38. The van der Waals surface area contributed by atoms with Gasteiger partial charge >= 0.3 is 0 Å². The van der Waals surface area contributed by atoms with Gasteiger partial charge < -0.3 is 0 Å². The molecule has 0 aliphatic rings. The Bertz CT molecular complexity index is 612. The van der Waals surface area contributed by atoms with Crippen LogP contribution in [0.25, 0.3) is 11.1 Å². The highest BCUT2D eigenvalue weighted by Gasteiger charge is 2.12. The van der Waals surface area contributed by atoms with Crippen LogP contribution >= 0.6 is 0 Å². The number of benzene rings is 2. The van der Waals surface area contributed by atoms with E-state index in [-0.39, 0.29) is 0 Å². The van der Waals surface area contributed by atoms with E-state index in [9.17, 15) is 9.59 Å². The molecule has 0 atom stereocenters. The number of hydrogen-bond acceptors (Lipinski definition) is 2. The van der Waals surface area contributed by atoms with Crippen LogP contribution in [-0.4, -0.2) is 11.6 Å². The molecular weight excluding hydrogens is 224 g/mol. The number of Topliss-reactive ketones (excluding diaryl/α,β-unsaturated/α-hetero) is 2. The predicted molar refractivity (Wildman–Crippen MR) is 71.6 cm³/mol. The van der Waals surface area contributed by atoms with Gasteiger partial charge in [0.2, 0.25) is 5.78 Å². The number of ketones is 2. The summed E-state index contributed by atoms with van der Waals surface area (Å²) in [4.78, 5) is 22.8. The fraction of sp³-hybridized carbons (Fsp3) is 0.125. The summed E-state index contributed by atoms with van der Waals surface area (Å²) < 4.78 is 0. The van der Waals surface area contributed by atoms with Crippen LogP contribution in [0.15, 0.2) is 48.5 Å². The lowest BCUT2D eigenvalue weighted by atomic mass is 9.97. The van der Waals surface area contributed by atoms with E-state index in [1.807, 2.05) is 37.3 Å². The zero-order valence-electron chi connectivity index (χ0n) is 10.4. The molecule has 0 saturated heterocycles. The molecule has 2 rings (SSSR count). The quantitative estimate of drug-likeness (QED) is 0.606. The maximum atomic E-state index is 11.7. The Kier molecular flexibility index (Phi) is 3.38. The molecule has 0 unspecified atom stereocenters. The fourth-order valence-corrected chi connectivity index (χ4v) is 1.93. The molecule has 0 saturated carbocycles. The van der Waals surface area contributed by atoms with Gasteiger partial charge in [-0.1, -0.05) is 42.5 Å². The van der Waals surface area contributed by atoms with E-state index in [1.54, 1.807) is 18.2 Å². The SMILES string of the molecule is CC(=O)C(=O)c1cccc(-c2ccccc2C)c1. The van der Waals surface area contributed by atoms with Crippen molar-refractivity contribution in [3.05, 3.63) is 59.7 Å². The molecule has 0 bridgehead atoms. The first-order chi connectivity index (χ1) is 8.59. The lowest BCUT2D eigenvalue weighted by Crippen LogP contribution is -2.09. The minimum Gasteiger partial charge on any atom is -0.291 e. The molecule has 0 heterocycles. The fourth-order valence-electron chi connectivity index (χ4n) is 1.93. The average molecular weight is 238 g/mol. The van der Waals surface area contributed by atoms with Crippen LogP contribution < -0.4 is 0 Å². The number of hydrogen-bond donors (Lipinski definition) is 0. The van der Waals surface area contributed by atoms with E-state index < -0.39 is 11.6 Å². The Labute approximate surface area is 106 Å². The summed E-state index contributed by atoms with van der Waals surface area (Å²) in [5, 5.41) is 0. The summed E-state index contributed by atoms with van der Waals surface area (Å²) >= 11 is 0. The number of carbonyl (C=O) groups excluding carboxylic acids is 2. The zero-order chi connectivity index (χ0) is 13.1. The molecule has 0 radical (unpaired) electrons. The van der Waals surface area contributed by atoms with Crippen molar-refractivity contribution in [2.45, 2.75) is 13.8 Å². The second-order valence-electron chi connectivity index (χ2n) is 4.28. The second kappa shape index (κ2) is 4.96. The van der Waals surface area contributed by atoms with Gasteiger partial charge in [0.15, 0.2) is 5.78 Å². The Balaban J connectivity index is 2.48. The number of rotatable bonds is 3. The summed E-state index contributed by atoms with van der Waals surface area (Å²) in [5.41, 5.74) is 3.63. The first-order valence-electron chi connectivity index (χ1n) is 5.81.